The first-order valence-corrected chi connectivity index (χ1v) is 5.71. The first-order chi connectivity index (χ1) is 7.87. The summed E-state index contributed by atoms with van der Waals surface area (Å²) in [6, 6.07) is 15.0. The second-order valence-corrected chi connectivity index (χ2v) is 4.38. The number of nitrogens with zero attached hydrogens (tertiary/aromatic N) is 1. The molecular weight excluding hydrogens is 194 g/mol. The van der Waals surface area contributed by atoms with Crippen LogP contribution in [-0.4, -0.2) is 4.57 Å². The number of hydrogen-bond donors (Lipinski definition) is 0. The summed E-state index contributed by atoms with van der Waals surface area (Å²) in [5, 5.41) is 0. The minimum Gasteiger partial charge on any atom is -0.350 e. The Morgan fingerprint density at radius 3 is 2.69 bits per heavy atom. The number of rotatable bonds is 2. The SMILES string of the molecule is C=CC1(c2ccccc2)CCn2cccc21. The summed E-state index contributed by atoms with van der Waals surface area (Å²) in [5.41, 5.74) is 2.74. The van der Waals surface area contributed by atoms with Crippen LogP contribution in [0.25, 0.3) is 0 Å². The second kappa shape index (κ2) is 3.38. The maximum Gasteiger partial charge on any atom is 0.0548 e. The molecule has 1 atom stereocenters. The van der Waals surface area contributed by atoms with Crippen molar-refractivity contribution in [3.05, 3.63) is 72.6 Å². The van der Waals surface area contributed by atoms with E-state index in [1.807, 2.05) is 0 Å². The molecule has 0 radical (unpaired) electrons. The molecule has 0 fully saturated rings. The van der Waals surface area contributed by atoms with Crippen molar-refractivity contribution >= 4 is 0 Å². The average molecular weight is 209 g/mol. The first kappa shape index (κ1) is 9.46. The molecule has 2 heterocycles. The Hall–Kier alpha value is -1.76. The van der Waals surface area contributed by atoms with Gasteiger partial charge < -0.3 is 4.57 Å². The number of aromatic nitrogens is 1. The average Bonchev–Trinajstić information content (AvgIpc) is 2.92. The lowest BCUT2D eigenvalue weighted by Gasteiger charge is -2.25. The number of benzene rings is 1. The first-order valence-electron chi connectivity index (χ1n) is 5.71. The summed E-state index contributed by atoms with van der Waals surface area (Å²) < 4.78 is 2.33. The van der Waals surface area contributed by atoms with Crippen LogP contribution in [0.4, 0.5) is 0 Å². The van der Waals surface area contributed by atoms with Gasteiger partial charge in [-0.15, -0.1) is 6.58 Å². The van der Waals surface area contributed by atoms with Crippen LogP contribution in [-0.2, 0) is 12.0 Å². The molecule has 0 saturated heterocycles. The van der Waals surface area contributed by atoms with Gasteiger partial charge in [-0.1, -0.05) is 36.4 Å². The lowest BCUT2D eigenvalue weighted by atomic mass is 9.77. The van der Waals surface area contributed by atoms with Gasteiger partial charge in [-0.3, -0.25) is 0 Å². The molecule has 1 aromatic carbocycles. The quantitative estimate of drug-likeness (QED) is 0.668. The maximum absolute atomic E-state index is 4.06. The van der Waals surface area contributed by atoms with E-state index in [1.54, 1.807) is 0 Å². The van der Waals surface area contributed by atoms with Crippen molar-refractivity contribution in [1.82, 2.24) is 4.57 Å². The monoisotopic (exact) mass is 209 g/mol. The van der Waals surface area contributed by atoms with Crippen molar-refractivity contribution < 1.29 is 0 Å². The molecule has 80 valence electrons. The molecular formula is C15H15N. The summed E-state index contributed by atoms with van der Waals surface area (Å²) in [5.74, 6) is 0. The van der Waals surface area contributed by atoms with E-state index >= 15 is 0 Å². The summed E-state index contributed by atoms with van der Waals surface area (Å²) >= 11 is 0. The predicted octanol–water partition coefficient (Wildman–Crippen LogP) is 3.36. The molecule has 3 rings (SSSR count). The van der Waals surface area contributed by atoms with E-state index in [1.165, 1.54) is 11.3 Å². The maximum atomic E-state index is 4.06. The molecule has 0 spiro atoms. The lowest BCUT2D eigenvalue weighted by Crippen LogP contribution is -2.21. The fraction of sp³-hybridized carbons (Fsp3) is 0.200. The van der Waals surface area contributed by atoms with Crippen molar-refractivity contribution in [2.24, 2.45) is 0 Å². The molecule has 16 heavy (non-hydrogen) atoms. The fourth-order valence-electron chi connectivity index (χ4n) is 2.79. The van der Waals surface area contributed by atoms with Gasteiger partial charge in [-0.2, -0.15) is 0 Å². The Morgan fingerprint density at radius 2 is 1.94 bits per heavy atom. The van der Waals surface area contributed by atoms with E-state index in [9.17, 15) is 0 Å². The van der Waals surface area contributed by atoms with Crippen LogP contribution in [0, 0.1) is 0 Å². The van der Waals surface area contributed by atoms with Gasteiger partial charge in [0.15, 0.2) is 0 Å². The molecule has 1 nitrogen and oxygen atoms in total. The van der Waals surface area contributed by atoms with E-state index in [0.29, 0.717) is 0 Å². The lowest BCUT2D eigenvalue weighted by molar-refractivity contribution is 0.624. The van der Waals surface area contributed by atoms with E-state index in [4.69, 9.17) is 0 Å². The molecule has 0 saturated carbocycles. The summed E-state index contributed by atoms with van der Waals surface area (Å²) in [6.45, 7) is 5.14. The van der Waals surface area contributed by atoms with Crippen molar-refractivity contribution in [3.8, 4) is 0 Å². The molecule has 0 bridgehead atoms. The third-order valence-electron chi connectivity index (χ3n) is 3.67. The highest BCUT2D eigenvalue weighted by atomic mass is 15.0. The van der Waals surface area contributed by atoms with Crippen molar-refractivity contribution in [2.75, 3.05) is 0 Å². The van der Waals surface area contributed by atoms with Gasteiger partial charge in [0.25, 0.3) is 0 Å². The van der Waals surface area contributed by atoms with Crippen LogP contribution in [0.5, 0.6) is 0 Å². The Balaban J connectivity index is 2.20. The van der Waals surface area contributed by atoms with Gasteiger partial charge >= 0.3 is 0 Å². The van der Waals surface area contributed by atoms with Crippen LogP contribution in [0.3, 0.4) is 0 Å². The van der Waals surface area contributed by atoms with Crippen LogP contribution in [0.1, 0.15) is 17.7 Å². The van der Waals surface area contributed by atoms with Gasteiger partial charge in [0.05, 0.1) is 5.41 Å². The molecule has 1 heteroatoms. The van der Waals surface area contributed by atoms with Gasteiger partial charge in [-0.25, -0.2) is 0 Å². The highest BCUT2D eigenvalue weighted by molar-refractivity contribution is 5.43. The van der Waals surface area contributed by atoms with E-state index in [2.05, 4.69) is 65.9 Å². The number of allylic oxidation sites excluding steroid dienone is 1. The van der Waals surface area contributed by atoms with Crippen LogP contribution < -0.4 is 0 Å². The standard InChI is InChI=1S/C15H15N/c1-2-15(13-7-4-3-5-8-13)10-12-16-11-6-9-14(15)16/h2-9,11H,1,10,12H2. The fourth-order valence-corrected chi connectivity index (χ4v) is 2.79. The van der Waals surface area contributed by atoms with Crippen LogP contribution >= 0.6 is 0 Å². The van der Waals surface area contributed by atoms with Crippen molar-refractivity contribution in [3.63, 3.8) is 0 Å². The zero-order valence-electron chi connectivity index (χ0n) is 9.26. The molecule has 1 aliphatic rings. The smallest absolute Gasteiger partial charge is 0.0548 e. The van der Waals surface area contributed by atoms with Gasteiger partial charge in [0, 0.05) is 18.4 Å². The second-order valence-electron chi connectivity index (χ2n) is 4.38. The molecule has 1 aromatic heterocycles. The van der Waals surface area contributed by atoms with E-state index in [-0.39, 0.29) is 5.41 Å². The minimum atomic E-state index is 0.0186. The number of fused-ring (bicyclic) bond motifs is 1. The zero-order valence-corrected chi connectivity index (χ0v) is 9.26. The Labute approximate surface area is 96.0 Å². The largest absolute Gasteiger partial charge is 0.350 e. The Morgan fingerprint density at radius 1 is 1.12 bits per heavy atom. The normalized spacial score (nSPS) is 23.0. The third-order valence-corrected chi connectivity index (χ3v) is 3.67. The van der Waals surface area contributed by atoms with Gasteiger partial charge in [0.1, 0.15) is 0 Å². The van der Waals surface area contributed by atoms with Gasteiger partial charge in [0.2, 0.25) is 0 Å². The molecule has 0 amide bonds. The zero-order chi connectivity index (χ0) is 11.0. The number of aryl methyl sites for hydroxylation is 1. The predicted molar refractivity (Wildman–Crippen MR) is 66.5 cm³/mol. The van der Waals surface area contributed by atoms with Crippen molar-refractivity contribution in [1.29, 1.82) is 0 Å². The molecule has 0 aliphatic carbocycles. The van der Waals surface area contributed by atoms with E-state index < -0.39 is 0 Å². The molecule has 0 N–H and O–H groups in total. The minimum absolute atomic E-state index is 0.0186. The molecule has 2 aromatic rings. The van der Waals surface area contributed by atoms with Crippen molar-refractivity contribution in [2.45, 2.75) is 18.4 Å². The third kappa shape index (κ3) is 1.12. The van der Waals surface area contributed by atoms with Gasteiger partial charge in [-0.05, 0) is 24.1 Å². The highest BCUT2D eigenvalue weighted by Crippen LogP contribution is 2.41. The highest BCUT2D eigenvalue weighted by Gasteiger charge is 2.37. The Bertz CT molecular complexity index is 509. The Kier molecular flexibility index (Phi) is 2.00. The van der Waals surface area contributed by atoms with E-state index in [0.717, 1.165) is 13.0 Å². The molecule has 1 aliphatic heterocycles. The topological polar surface area (TPSA) is 4.93 Å². The van der Waals surface area contributed by atoms with Crippen LogP contribution in [0.15, 0.2) is 61.3 Å². The van der Waals surface area contributed by atoms with Crippen LogP contribution in [0.2, 0.25) is 0 Å². The molecule has 1 unspecified atom stereocenters. The summed E-state index contributed by atoms with van der Waals surface area (Å²) in [6.07, 6.45) is 5.38. The summed E-state index contributed by atoms with van der Waals surface area (Å²) in [4.78, 5) is 0. The summed E-state index contributed by atoms with van der Waals surface area (Å²) in [7, 11) is 0. The number of hydrogen-bond acceptors (Lipinski definition) is 0.